The lowest BCUT2D eigenvalue weighted by molar-refractivity contribution is 1.15. The molecule has 0 N–H and O–H groups in total. The SMILES string of the molecule is C=C/C(=C\C=C/C)CC. The van der Waals surface area contributed by atoms with Gasteiger partial charge >= 0.3 is 0 Å². The van der Waals surface area contributed by atoms with Gasteiger partial charge in [-0.1, -0.05) is 37.8 Å². The summed E-state index contributed by atoms with van der Waals surface area (Å²) in [6.45, 7) is 7.81. The zero-order valence-electron chi connectivity index (χ0n) is 6.22. The Kier molecular flexibility index (Phi) is 4.89. The van der Waals surface area contributed by atoms with E-state index in [2.05, 4.69) is 19.6 Å². The van der Waals surface area contributed by atoms with Gasteiger partial charge in [0.15, 0.2) is 0 Å². The van der Waals surface area contributed by atoms with E-state index in [0.717, 1.165) is 6.42 Å². The lowest BCUT2D eigenvalue weighted by Gasteiger charge is -1.89. The first-order valence-electron chi connectivity index (χ1n) is 3.29. The largest absolute Gasteiger partial charge is 0.0988 e. The fraction of sp³-hybridized carbons (Fsp3) is 0.333. The molecule has 0 heteroatoms. The van der Waals surface area contributed by atoms with Gasteiger partial charge in [-0.25, -0.2) is 0 Å². The minimum absolute atomic E-state index is 1.06. The van der Waals surface area contributed by atoms with Crippen LogP contribution in [0.25, 0.3) is 0 Å². The standard InChI is InChI=1S/C9H14/c1-4-7-8-9(5-2)6-3/h4-5,7-8H,2,6H2,1,3H3/b7-4-,9-8+. The topological polar surface area (TPSA) is 0 Å². The minimum atomic E-state index is 1.06. The zero-order chi connectivity index (χ0) is 7.11. The van der Waals surface area contributed by atoms with Gasteiger partial charge in [-0.05, 0) is 18.9 Å². The molecule has 0 aliphatic carbocycles. The van der Waals surface area contributed by atoms with Crippen molar-refractivity contribution in [3.63, 3.8) is 0 Å². The second-order valence-electron chi connectivity index (χ2n) is 1.83. The Labute approximate surface area is 57.6 Å². The van der Waals surface area contributed by atoms with Crippen molar-refractivity contribution in [1.29, 1.82) is 0 Å². The van der Waals surface area contributed by atoms with Gasteiger partial charge in [0.05, 0.1) is 0 Å². The molecule has 9 heavy (non-hydrogen) atoms. The Morgan fingerprint density at radius 1 is 1.56 bits per heavy atom. The Balaban J connectivity index is 3.90. The van der Waals surface area contributed by atoms with Crippen LogP contribution in [0.2, 0.25) is 0 Å². The number of allylic oxidation sites excluding steroid dienone is 5. The van der Waals surface area contributed by atoms with Gasteiger partial charge in [0.1, 0.15) is 0 Å². The van der Waals surface area contributed by atoms with Gasteiger partial charge in [0, 0.05) is 0 Å². The molecule has 0 aromatic carbocycles. The van der Waals surface area contributed by atoms with Crippen LogP contribution < -0.4 is 0 Å². The zero-order valence-corrected chi connectivity index (χ0v) is 6.22. The van der Waals surface area contributed by atoms with E-state index < -0.39 is 0 Å². The number of rotatable bonds is 3. The summed E-state index contributed by atoms with van der Waals surface area (Å²) < 4.78 is 0. The van der Waals surface area contributed by atoms with E-state index >= 15 is 0 Å². The quantitative estimate of drug-likeness (QED) is 0.504. The summed E-state index contributed by atoms with van der Waals surface area (Å²) in [5.41, 5.74) is 1.29. The highest BCUT2D eigenvalue weighted by molar-refractivity contribution is 5.21. The summed E-state index contributed by atoms with van der Waals surface area (Å²) in [4.78, 5) is 0. The van der Waals surface area contributed by atoms with E-state index in [1.165, 1.54) is 5.57 Å². The molecule has 0 rings (SSSR count). The van der Waals surface area contributed by atoms with Crippen molar-refractivity contribution >= 4 is 0 Å². The predicted octanol–water partition coefficient (Wildman–Crippen LogP) is 3.08. The van der Waals surface area contributed by atoms with Crippen molar-refractivity contribution in [1.82, 2.24) is 0 Å². The van der Waals surface area contributed by atoms with Crippen molar-refractivity contribution in [3.8, 4) is 0 Å². The van der Waals surface area contributed by atoms with Crippen LogP contribution in [-0.2, 0) is 0 Å². The summed E-state index contributed by atoms with van der Waals surface area (Å²) in [5.74, 6) is 0. The molecule has 0 bridgehead atoms. The van der Waals surface area contributed by atoms with Crippen molar-refractivity contribution in [2.75, 3.05) is 0 Å². The molecule has 0 aromatic rings. The van der Waals surface area contributed by atoms with Gasteiger partial charge < -0.3 is 0 Å². The first-order valence-corrected chi connectivity index (χ1v) is 3.29. The highest BCUT2D eigenvalue weighted by Crippen LogP contribution is 2.00. The van der Waals surface area contributed by atoms with Crippen molar-refractivity contribution in [2.45, 2.75) is 20.3 Å². The normalized spacial score (nSPS) is 12.4. The van der Waals surface area contributed by atoms with Crippen LogP contribution in [0.15, 0.2) is 36.5 Å². The molecule has 0 aliphatic heterocycles. The number of hydrogen-bond donors (Lipinski definition) is 0. The monoisotopic (exact) mass is 122 g/mol. The molecule has 0 nitrogen and oxygen atoms in total. The fourth-order valence-electron chi connectivity index (χ4n) is 0.550. The van der Waals surface area contributed by atoms with Crippen LogP contribution >= 0.6 is 0 Å². The second-order valence-corrected chi connectivity index (χ2v) is 1.83. The summed E-state index contributed by atoms with van der Waals surface area (Å²) in [6.07, 6.45) is 9.07. The van der Waals surface area contributed by atoms with Crippen molar-refractivity contribution < 1.29 is 0 Å². The third-order valence-corrected chi connectivity index (χ3v) is 1.17. The Bertz CT molecular complexity index is 127. The molecule has 0 heterocycles. The van der Waals surface area contributed by atoms with Crippen LogP contribution in [0.5, 0.6) is 0 Å². The van der Waals surface area contributed by atoms with Crippen LogP contribution in [0, 0.1) is 0 Å². The van der Waals surface area contributed by atoms with Gasteiger partial charge in [-0.15, -0.1) is 0 Å². The molecule has 0 aromatic heterocycles. The maximum atomic E-state index is 3.68. The summed E-state index contributed by atoms with van der Waals surface area (Å²) in [7, 11) is 0. The van der Waals surface area contributed by atoms with Crippen molar-refractivity contribution in [2.24, 2.45) is 0 Å². The molecular weight excluding hydrogens is 108 g/mol. The van der Waals surface area contributed by atoms with Crippen molar-refractivity contribution in [3.05, 3.63) is 36.5 Å². The Morgan fingerprint density at radius 2 is 2.22 bits per heavy atom. The average Bonchev–Trinajstić information content (AvgIpc) is 1.91. The van der Waals surface area contributed by atoms with E-state index in [4.69, 9.17) is 0 Å². The molecule has 0 spiro atoms. The smallest absolute Gasteiger partial charge is 0.0308 e. The van der Waals surface area contributed by atoms with Gasteiger partial charge in [-0.3, -0.25) is 0 Å². The first kappa shape index (κ1) is 8.22. The molecule has 0 aliphatic rings. The molecule has 0 unspecified atom stereocenters. The maximum absolute atomic E-state index is 3.68. The third-order valence-electron chi connectivity index (χ3n) is 1.17. The second kappa shape index (κ2) is 5.36. The summed E-state index contributed by atoms with van der Waals surface area (Å²) in [5, 5.41) is 0. The third kappa shape index (κ3) is 3.77. The molecule has 0 saturated carbocycles. The minimum Gasteiger partial charge on any atom is -0.0988 e. The molecule has 0 radical (unpaired) electrons. The molecule has 0 amide bonds. The van der Waals surface area contributed by atoms with E-state index in [-0.39, 0.29) is 0 Å². The Hall–Kier alpha value is -0.780. The van der Waals surface area contributed by atoms with Gasteiger partial charge in [0.25, 0.3) is 0 Å². The highest BCUT2D eigenvalue weighted by atomic mass is 13.9. The lowest BCUT2D eigenvalue weighted by atomic mass is 10.2. The molecule has 50 valence electrons. The van der Waals surface area contributed by atoms with Gasteiger partial charge in [-0.2, -0.15) is 0 Å². The average molecular weight is 122 g/mol. The molecule has 0 saturated heterocycles. The van der Waals surface area contributed by atoms with Crippen LogP contribution in [0.1, 0.15) is 20.3 Å². The maximum Gasteiger partial charge on any atom is -0.0308 e. The Morgan fingerprint density at radius 3 is 2.56 bits per heavy atom. The van der Waals surface area contributed by atoms with E-state index in [0.29, 0.717) is 0 Å². The molecule has 0 fully saturated rings. The fourth-order valence-corrected chi connectivity index (χ4v) is 0.550. The van der Waals surface area contributed by atoms with Gasteiger partial charge in [0.2, 0.25) is 0 Å². The predicted molar refractivity (Wildman–Crippen MR) is 43.4 cm³/mol. The molecule has 0 atom stereocenters. The van der Waals surface area contributed by atoms with Crippen LogP contribution in [-0.4, -0.2) is 0 Å². The first-order chi connectivity index (χ1) is 4.35. The number of hydrogen-bond acceptors (Lipinski definition) is 0. The summed E-state index contributed by atoms with van der Waals surface area (Å²) in [6, 6.07) is 0. The highest BCUT2D eigenvalue weighted by Gasteiger charge is 1.79. The van der Waals surface area contributed by atoms with E-state index in [1.807, 2.05) is 25.2 Å². The lowest BCUT2D eigenvalue weighted by Crippen LogP contribution is -1.69. The summed E-state index contributed by atoms with van der Waals surface area (Å²) >= 11 is 0. The molecular formula is C9H14. The van der Waals surface area contributed by atoms with Crippen LogP contribution in [0.4, 0.5) is 0 Å². The van der Waals surface area contributed by atoms with Crippen LogP contribution in [0.3, 0.4) is 0 Å². The van der Waals surface area contributed by atoms with E-state index in [9.17, 15) is 0 Å². The van der Waals surface area contributed by atoms with E-state index in [1.54, 1.807) is 0 Å².